The lowest BCUT2D eigenvalue weighted by Crippen LogP contribution is -2.22. The zero-order valence-electron chi connectivity index (χ0n) is 11.6. The van der Waals surface area contributed by atoms with Crippen LogP contribution in [0.4, 0.5) is 0 Å². The van der Waals surface area contributed by atoms with E-state index in [1.165, 1.54) is 11.3 Å². The van der Waals surface area contributed by atoms with Crippen molar-refractivity contribution in [1.29, 1.82) is 0 Å². The molecule has 1 heterocycles. The van der Waals surface area contributed by atoms with Crippen LogP contribution in [0.1, 0.15) is 11.3 Å². The molecule has 2 rings (SSSR count). The van der Waals surface area contributed by atoms with Crippen molar-refractivity contribution in [3.8, 4) is 0 Å². The van der Waals surface area contributed by atoms with Crippen LogP contribution in [0, 0.1) is 5.92 Å². The van der Waals surface area contributed by atoms with Crippen LogP contribution in [0.15, 0.2) is 40.7 Å². The second-order valence-corrected chi connectivity index (χ2v) is 5.56. The van der Waals surface area contributed by atoms with E-state index in [1.807, 2.05) is 47.3 Å². The Morgan fingerprint density at radius 1 is 1.35 bits per heavy atom. The molecule has 0 bridgehead atoms. The Hall–Kier alpha value is -1.88. The first-order chi connectivity index (χ1) is 9.61. The Morgan fingerprint density at radius 3 is 2.60 bits per heavy atom. The summed E-state index contributed by atoms with van der Waals surface area (Å²) < 4.78 is 1.96. The van der Waals surface area contributed by atoms with Crippen molar-refractivity contribution >= 4 is 17.3 Å². The fourth-order valence-electron chi connectivity index (χ4n) is 2.19. The van der Waals surface area contributed by atoms with E-state index in [1.54, 1.807) is 7.05 Å². The number of rotatable bonds is 5. The number of carboxylic acid groups (broad SMARTS) is 1. The zero-order chi connectivity index (χ0) is 14.5. The lowest BCUT2D eigenvalue weighted by Gasteiger charge is -2.12. The van der Waals surface area contributed by atoms with E-state index in [0.717, 1.165) is 16.1 Å². The van der Waals surface area contributed by atoms with Crippen LogP contribution in [0.3, 0.4) is 0 Å². The first kappa shape index (κ1) is 14.5. The standard InChI is InChI=1S/C15H18N2O2S/c1-16-15-17(2)13(10-20-15)9-12(14(18)19)8-11-6-4-3-5-7-11/h3-7,10,12H,8-9H2,1-2H3,(H,18,19). The quantitative estimate of drug-likeness (QED) is 0.917. The fraction of sp³-hybridized carbons (Fsp3) is 0.333. The second-order valence-electron chi connectivity index (χ2n) is 4.72. The van der Waals surface area contributed by atoms with E-state index in [2.05, 4.69) is 4.99 Å². The van der Waals surface area contributed by atoms with Gasteiger partial charge in [0.1, 0.15) is 0 Å². The summed E-state index contributed by atoms with van der Waals surface area (Å²) >= 11 is 1.54. The lowest BCUT2D eigenvalue weighted by atomic mass is 9.95. The van der Waals surface area contributed by atoms with Crippen molar-refractivity contribution in [1.82, 2.24) is 4.57 Å². The largest absolute Gasteiger partial charge is 0.481 e. The van der Waals surface area contributed by atoms with Crippen molar-refractivity contribution in [2.45, 2.75) is 12.8 Å². The van der Waals surface area contributed by atoms with Gasteiger partial charge in [-0.25, -0.2) is 0 Å². The molecular weight excluding hydrogens is 272 g/mol. The molecule has 2 aromatic rings. The zero-order valence-corrected chi connectivity index (χ0v) is 12.4. The number of thiazole rings is 1. The SMILES string of the molecule is CN=c1scc(CC(Cc2ccccc2)C(=O)O)n1C. The molecule has 5 heteroatoms. The Kier molecular flexibility index (Phi) is 4.74. The number of carboxylic acids is 1. The molecule has 0 aliphatic carbocycles. The molecule has 1 unspecified atom stereocenters. The van der Waals surface area contributed by atoms with Crippen LogP contribution in [0.5, 0.6) is 0 Å². The molecule has 0 spiro atoms. The molecule has 0 aliphatic heterocycles. The summed E-state index contributed by atoms with van der Waals surface area (Å²) in [4.78, 5) is 16.5. The van der Waals surface area contributed by atoms with Gasteiger partial charge in [-0.05, 0) is 12.0 Å². The Morgan fingerprint density at radius 2 is 2.05 bits per heavy atom. The topological polar surface area (TPSA) is 54.6 Å². The molecule has 1 atom stereocenters. The summed E-state index contributed by atoms with van der Waals surface area (Å²) in [7, 11) is 3.67. The number of hydrogen-bond donors (Lipinski definition) is 1. The molecule has 0 radical (unpaired) electrons. The highest BCUT2D eigenvalue weighted by molar-refractivity contribution is 7.07. The Balaban J connectivity index is 2.18. The van der Waals surface area contributed by atoms with Gasteiger partial charge in [0.25, 0.3) is 0 Å². The predicted molar refractivity (Wildman–Crippen MR) is 79.8 cm³/mol. The molecule has 1 N–H and O–H groups in total. The highest BCUT2D eigenvalue weighted by Gasteiger charge is 2.20. The maximum absolute atomic E-state index is 11.5. The molecule has 1 aromatic carbocycles. The van der Waals surface area contributed by atoms with E-state index in [4.69, 9.17) is 0 Å². The molecule has 4 nitrogen and oxygen atoms in total. The molecule has 1 aromatic heterocycles. The van der Waals surface area contributed by atoms with Gasteiger partial charge in [-0.15, -0.1) is 11.3 Å². The number of hydrogen-bond acceptors (Lipinski definition) is 3. The van der Waals surface area contributed by atoms with E-state index in [-0.39, 0.29) is 0 Å². The third-order valence-electron chi connectivity index (χ3n) is 3.34. The maximum atomic E-state index is 11.5. The van der Waals surface area contributed by atoms with E-state index in [0.29, 0.717) is 12.8 Å². The van der Waals surface area contributed by atoms with Crippen LogP contribution < -0.4 is 4.80 Å². The maximum Gasteiger partial charge on any atom is 0.307 e. The van der Waals surface area contributed by atoms with Gasteiger partial charge in [0, 0.05) is 31.6 Å². The first-order valence-electron chi connectivity index (χ1n) is 6.44. The monoisotopic (exact) mass is 290 g/mol. The van der Waals surface area contributed by atoms with Gasteiger partial charge in [-0.2, -0.15) is 0 Å². The molecule has 0 amide bonds. The van der Waals surface area contributed by atoms with Gasteiger partial charge in [0.05, 0.1) is 5.92 Å². The predicted octanol–water partition coefficient (Wildman–Crippen LogP) is 2.10. The Bertz CT molecular complexity index is 643. The molecule has 0 saturated carbocycles. The van der Waals surface area contributed by atoms with E-state index >= 15 is 0 Å². The van der Waals surface area contributed by atoms with E-state index < -0.39 is 11.9 Å². The van der Waals surface area contributed by atoms with Crippen LogP contribution in [-0.4, -0.2) is 22.7 Å². The second kappa shape index (κ2) is 6.52. The number of aromatic nitrogens is 1. The van der Waals surface area contributed by atoms with Crippen molar-refractivity contribution in [3.63, 3.8) is 0 Å². The normalized spacial score (nSPS) is 13.4. The summed E-state index contributed by atoms with van der Waals surface area (Å²) in [5.74, 6) is -1.17. The summed E-state index contributed by atoms with van der Waals surface area (Å²) in [5.41, 5.74) is 2.07. The number of nitrogens with zero attached hydrogens (tertiary/aromatic N) is 2. The van der Waals surface area contributed by atoms with Crippen molar-refractivity contribution < 1.29 is 9.90 Å². The molecule has 0 aliphatic rings. The molecule has 0 saturated heterocycles. The minimum atomic E-state index is -0.755. The number of benzene rings is 1. The first-order valence-corrected chi connectivity index (χ1v) is 7.32. The highest BCUT2D eigenvalue weighted by Crippen LogP contribution is 2.15. The van der Waals surface area contributed by atoms with E-state index in [9.17, 15) is 9.90 Å². The van der Waals surface area contributed by atoms with Gasteiger partial charge in [-0.1, -0.05) is 30.3 Å². The van der Waals surface area contributed by atoms with Crippen molar-refractivity contribution in [2.75, 3.05) is 7.05 Å². The van der Waals surface area contributed by atoms with Gasteiger partial charge < -0.3 is 9.67 Å². The minimum Gasteiger partial charge on any atom is -0.481 e. The van der Waals surface area contributed by atoms with Gasteiger partial charge in [0.2, 0.25) is 0 Å². The summed E-state index contributed by atoms with van der Waals surface area (Å²) in [6, 6.07) is 9.75. The third kappa shape index (κ3) is 3.36. The number of aliphatic carboxylic acids is 1. The van der Waals surface area contributed by atoms with Crippen LogP contribution in [0.25, 0.3) is 0 Å². The average Bonchev–Trinajstić information content (AvgIpc) is 2.80. The van der Waals surface area contributed by atoms with Crippen molar-refractivity contribution in [2.24, 2.45) is 18.0 Å². The highest BCUT2D eigenvalue weighted by atomic mass is 32.1. The number of carbonyl (C=O) groups is 1. The summed E-state index contributed by atoms with van der Waals surface area (Å²) in [6.45, 7) is 0. The van der Waals surface area contributed by atoms with Crippen LogP contribution >= 0.6 is 11.3 Å². The summed E-state index contributed by atoms with van der Waals surface area (Å²) in [5, 5.41) is 11.4. The third-order valence-corrected chi connectivity index (χ3v) is 4.40. The fourth-order valence-corrected chi connectivity index (χ4v) is 3.06. The average molecular weight is 290 g/mol. The minimum absolute atomic E-state index is 0.414. The smallest absolute Gasteiger partial charge is 0.307 e. The molecule has 106 valence electrons. The van der Waals surface area contributed by atoms with Gasteiger partial charge in [0.15, 0.2) is 4.80 Å². The van der Waals surface area contributed by atoms with Crippen molar-refractivity contribution in [3.05, 3.63) is 51.8 Å². The van der Waals surface area contributed by atoms with Gasteiger partial charge >= 0.3 is 5.97 Å². The Labute approximate surface area is 122 Å². The van der Waals surface area contributed by atoms with Gasteiger partial charge in [-0.3, -0.25) is 9.79 Å². The molecular formula is C15H18N2O2S. The molecule has 0 fully saturated rings. The lowest BCUT2D eigenvalue weighted by molar-refractivity contribution is -0.141. The summed E-state index contributed by atoms with van der Waals surface area (Å²) in [6.07, 6.45) is 1.07. The van der Waals surface area contributed by atoms with Crippen LogP contribution in [0.2, 0.25) is 0 Å². The molecule has 20 heavy (non-hydrogen) atoms. The van der Waals surface area contributed by atoms with Crippen LogP contribution in [-0.2, 0) is 24.7 Å².